The highest BCUT2D eigenvalue weighted by atomic mass is 32.2. The summed E-state index contributed by atoms with van der Waals surface area (Å²) in [5.41, 5.74) is 8.02. The van der Waals surface area contributed by atoms with Crippen molar-refractivity contribution in [2.75, 3.05) is 19.6 Å². The van der Waals surface area contributed by atoms with Gasteiger partial charge < -0.3 is 11.1 Å². The Morgan fingerprint density at radius 1 is 1.19 bits per heavy atom. The molecule has 1 aromatic heterocycles. The molecule has 0 bridgehead atoms. The van der Waals surface area contributed by atoms with Gasteiger partial charge in [0.1, 0.15) is 11.6 Å². The third kappa shape index (κ3) is 6.42. The molecule has 4 rings (SSSR count). The van der Waals surface area contributed by atoms with Crippen LogP contribution in [0.1, 0.15) is 55.7 Å². The second-order valence-corrected chi connectivity index (χ2v) is 12.7. The SMILES string of the molecule is CC(C)[C@H](c1ccc(F)cc1)[C@H](N)C(=O)Cc1cncc(F)c1CC[C@H]1CNCCN1S(=O)(=O)C1CC1. The topological polar surface area (TPSA) is 105 Å². The molecule has 0 spiro atoms. The van der Waals surface area contributed by atoms with Gasteiger partial charge in [-0.05, 0) is 60.4 Å². The van der Waals surface area contributed by atoms with Crippen LogP contribution in [0.2, 0.25) is 0 Å². The minimum Gasteiger partial charge on any atom is -0.321 e. The smallest absolute Gasteiger partial charge is 0.217 e. The van der Waals surface area contributed by atoms with Crippen LogP contribution in [0.15, 0.2) is 36.7 Å². The monoisotopic (exact) mass is 534 g/mol. The number of carbonyl (C=O) groups excluding carboxylic acids is 1. The molecule has 3 atom stereocenters. The molecule has 0 radical (unpaired) electrons. The minimum absolute atomic E-state index is 0.0210. The lowest BCUT2D eigenvalue weighted by atomic mass is 9.80. The van der Waals surface area contributed by atoms with Crippen molar-refractivity contribution >= 4 is 15.8 Å². The fourth-order valence-electron chi connectivity index (χ4n) is 5.32. The van der Waals surface area contributed by atoms with Gasteiger partial charge >= 0.3 is 0 Å². The van der Waals surface area contributed by atoms with Gasteiger partial charge in [-0.15, -0.1) is 0 Å². The molecule has 2 aromatic rings. The first-order chi connectivity index (χ1) is 17.6. The molecule has 3 N–H and O–H groups in total. The third-order valence-electron chi connectivity index (χ3n) is 7.49. The molecule has 1 aliphatic heterocycles. The summed E-state index contributed by atoms with van der Waals surface area (Å²) in [6.07, 6.45) is 4.62. The van der Waals surface area contributed by atoms with E-state index in [1.807, 2.05) is 13.8 Å². The maximum atomic E-state index is 14.9. The highest BCUT2D eigenvalue weighted by molar-refractivity contribution is 7.90. The van der Waals surface area contributed by atoms with Crippen molar-refractivity contribution in [2.24, 2.45) is 11.7 Å². The average Bonchev–Trinajstić information content (AvgIpc) is 3.71. The van der Waals surface area contributed by atoms with E-state index in [2.05, 4.69) is 10.3 Å². The quantitative estimate of drug-likeness (QED) is 0.459. The summed E-state index contributed by atoms with van der Waals surface area (Å²) in [5.74, 6) is -1.44. The molecule has 1 aliphatic carbocycles. The Kier molecular flexibility index (Phi) is 8.73. The fourth-order valence-corrected chi connectivity index (χ4v) is 7.38. The summed E-state index contributed by atoms with van der Waals surface area (Å²) < 4.78 is 55.8. The number of rotatable bonds is 11. The summed E-state index contributed by atoms with van der Waals surface area (Å²) in [5, 5.41) is 2.95. The molecule has 0 amide bonds. The van der Waals surface area contributed by atoms with Crippen LogP contribution >= 0.6 is 0 Å². The maximum Gasteiger partial charge on any atom is 0.217 e. The van der Waals surface area contributed by atoms with Gasteiger partial charge in [0, 0.05) is 44.2 Å². The summed E-state index contributed by atoms with van der Waals surface area (Å²) >= 11 is 0. The number of halogens is 2. The van der Waals surface area contributed by atoms with Gasteiger partial charge in [0.2, 0.25) is 10.0 Å². The Hall–Kier alpha value is -2.27. The fraction of sp³-hybridized carbons (Fsp3) is 0.556. The molecule has 1 aromatic carbocycles. The standard InChI is InChI=1S/C27H36F2N4O3S/c1-17(2)26(18-3-5-20(28)6-4-18)27(30)25(34)13-19-14-32-16-24(29)23(19)10-7-21-15-31-11-12-33(21)37(35,36)22-8-9-22/h3-6,14,16-17,21-22,26-27,31H,7-13,15,30H2,1-2H3/t21-,26+,27+/m0/s1. The van der Waals surface area contributed by atoms with Crippen molar-refractivity contribution in [3.8, 4) is 0 Å². The molecule has 202 valence electrons. The molecule has 2 heterocycles. The Morgan fingerprint density at radius 3 is 2.54 bits per heavy atom. The number of nitrogens with one attached hydrogen (secondary N) is 1. The van der Waals surface area contributed by atoms with E-state index in [4.69, 9.17) is 5.73 Å². The van der Waals surface area contributed by atoms with Gasteiger partial charge in [-0.3, -0.25) is 9.78 Å². The van der Waals surface area contributed by atoms with Crippen molar-refractivity contribution in [1.29, 1.82) is 0 Å². The van der Waals surface area contributed by atoms with E-state index in [9.17, 15) is 22.0 Å². The number of nitrogens with two attached hydrogens (primary N) is 1. The van der Waals surface area contributed by atoms with Gasteiger partial charge in [-0.2, -0.15) is 4.31 Å². The van der Waals surface area contributed by atoms with Gasteiger partial charge in [0.05, 0.1) is 17.5 Å². The van der Waals surface area contributed by atoms with Crippen LogP contribution in [0.25, 0.3) is 0 Å². The molecule has 1 saturated carbocycles. The van der Waals surface area contributed by atoms with Crippen LogP contribution in [-0.4, -0.2) is 60.5 Å². The van der Waals surface area contributed by atoms with Gasteiger partial charge in [0.25, 0.3) is 0 Å². The Bertz CT molecular complexity index is 1200. The first-order valence-corrected chi connectivity index (χ1v) is 14.5. The number of piperazine rings is 1. The first kappa shape index (κ1) is 27.8. The molecule has 2 aliphatic rings. The van der Waals surface area contributed by atoms with E-state index >= 15 is 0 Å². The second-order valence-electron chi connectivity index (χ2n) is 10.5. The van der Waals surface area contributed by atoms with E-state index in [-0.39, 0.29) is 47.6 Å². The Morgan fingerprint density at radius 2 is 1.89 bits per heavy atom. The number of carbonyl (C=O) groups is 1. The van der Waals surface area contributed by atoms with E-state index in [0.717, 1.165) is 11.8 Å². The highest BCUT2D eigenvalue weighted by Gasteiger charge is 2.43. The summed E-state index contributed by atoms with van der Waals surface area (Å²) in [7, 11) is -3.35. The zero-order valence-electron chi connectivity index (χ0n) is 21.4. The second kappa shape index (κ2) is 11.6. The van der Waals surface area contributed by atoms with Crippen LogP contribution in [0.4, 0.5) is 8.78 Å². The van der Waals surface area contributed by atoms with Crippen LogP contribution in [-0.2, 0) is 27.7 Å². The third-order valence-corrected chi connectivity index (χ3v) is 9.94. The van der Waals surface area contributed by atoms with Crippen molar-refractivity contribution in [3.63, 3.8) is 0 Å². The van der Waals surface area contributed by atoms with Crippen molar-refractivity contribution in [1.82, 2.24) is 14.6 Å². The van der Waals surface area contributed by atoms with Gasteiger partial charge in [-0.25, -0.2) is 17.2 Å². The van der Waals surface area contributed by atoms with E-state index in [0.29, 0.717) is 50.0 Å². The van der Waals surface area contributed by atoms with Crippen LogP contribution in [0, 0.1) is 17.6 Å². The zero-order chi connectivity index (χ0) is 26.7. The number of sulfonamides is 1. The first-order valence-electron chi connectivity index (χ1n) is 13.0. The lowest BCUT2D eigenvalue weighted by molar-refractivity contribution is -0.120. The lowest BCUT2D eigenvalue weighted by Crippen LogP contribution is -2.54. The predicted molar refractivity (Wildman–Crippen MR) is 138 cm³/mol. The number of ketones is 1. The predicted octanol–water partition coefficient (Wildman–Crippen LogP) is 2.94. The number of nitrogens with zero attached hydrogens (tertiary/aromatic N) is 2. The van der Waals surface area contributed by atoms with E-state index in [1.54, 1.807) is 16.4 Å². The number of aromatic nitrogens is 1. The van der Waals surface area contributed by atoms with Crippen molar-refractivity contribution in [2.45, 2.75) is 69.2 Å². The summed E-state index contributed by atoms with van der Waals surface area (Å²) in [4.78, 5) is 17.2. The van der Waals surface area contributed by atoms with Crippen molar-refractivity contribution < 1.29 is 22.0 Å². The number of hydrogen-bond acceptors (Lipinski definition) is 6. The number of benzene rings is 1. The zero-order valence-corrected chi connectivity index (χ0v) is 22.2. The number of hydrogen-bond donors (Lipinski definition) is 2. The summed E-state index contributed by atoms with van der Waals surface area (Å²) in [6, 6.07) is 4.85. The number of pyridine rings is 1. The molecule has 1 saturated heterocycles. The van der Waals surface area contributed by atoms with Crippen LogP contribution < -0.4 is 11.1 Å². The largest absolute Gasteiger partial charge is 0.321 e. The molecular weight excluding hydrogens is 498 g/mol. The highest BCUT2D eigenvalue weighted by Crippen LogP contribution is 2.33. The van der Waals surface area contributed by atoms with Crippen molar-refractivity contribution in [3.05, 3.63) is 65.0 Å². The molecule has 7 nitrogen and oxygen atoms in total. The van der Waals surface area contributed by atoms with Crippen LogP contribution in [0.5, 0.6) is 0 Å². The average molecular weight is 535 g/mol. The number of Topliss-reactive ketones (excluding diaryl/α,β-unsaturated/α-hetero) is 1. The Balaban J connectivity index is 1.49. The normalized spacial score (nSPS) is 20.6. The van der Waals surface area contributed by atoms with Crippen LogP contribution in [0.3, 0.4) is 0 Å². The molecule has 0 unspecified atom stereocenters. The maximum absolute atomic E-state index is 14.9. The van der Waals surface area contributed by atoms with E-state index in [1.165, 1.54) is 18.3 Å². The molecular formula is C27H36F2N4O3S. The van der Waals surface area contributed by atoms with Gasteiger partial charge in [-0.1, -0.05) is 26.0 Å². The lowest BCUT2D eigenvalue weighted by Gasteiger charge is -2.35. The molecule has 2 fully saturated rings. The van der Waals surface area contributed by atoms with E-state index < -0.39 is 21.9 Å². The Labute approximate surface area is 217 Å². The molecule has 10 heteroatoms. The molecule has 37 heavy (non-hydrogen) atoms. The summed E-state index contributed by atoms with van der Waals surface area (Å²) in [6.45, 7) is 5.41. The van der Waals surface area contributed by atoms with Gasteiger partial charge in [0.15, 0.2) is 5.78 Å². The minimum atomic E-state index is -3.35.